The quantitative estimate of drug-likeness (QED) is 0.797. The van der Waals surface area contributed by atoms with E-state index >= 15 is 0 Å². The first-order chi connectivity index (χ1) is 8.63. The molecule has 0 aromatic heterocycles. The summed E-state index contributed by atoms with van der Waals surface area (Å²) in [6.07, 6.45) is -0.330. The van der Waals surface area contributed by atoms with Gasteiger partial charge in [-0.25, -0.2) is 0 Å². The van der Waals surface area contributed by atoms with Gasteiger partial charge in [-0.3, -0.25) is 0 Å². The van der Waals surface area contributed by atoms with Gasteiger partial charge in [0.1, 0.15) is 5.60 Å². The van der Waals surface area contributed by atoms with Crippen LogP contribution < -0.4 is 0 Å². The summed E-state index contributed by atoms with van der Waals surface area (Å²) >= 11 is 11.7. The van der Waals surface area contributed by atoms with Gasteiger partial charge in [-0.1, -0.05) is 29.8 Å². The number of halogens is 2. The summed E-state index contributed by atoms with van der Waals surface area (Å²) in [5.74, 6) is 0.334. The van der Waals surface area contributed by atoms with Gasteiger partial charge >= 0.3 is 0 Å². The topological polar surface area (TPSA) is 27.7 Å². The highest BCUT2D eigenvalue weighted by Crippen LogP contribution is 2.23. The van der Waals surface area contributed by atoms with Crippen LogP contribution in [0.5, 0.6) is 0 Å². The lowest BCUT2D eigenvalue weighted by molar-refractivity contribution is -0.255. The van der Waals surface area contributed by atoms with Crippen LogP contribution >= 0.6 is 23.2 Å². The minimum atomic E-state index is -0.457. The Morgan fingerprint density at radius 2 is 2.00 bits per heavy atom. The molecule has 100 valence electrons. The molecule has 1 aromatic rings. The molecule has 0 radical (unpaired) electrons. The third kappa shape index (κ3) is 3.59. The Kier molecular flexibility index (Phi) is 4.87. The highest BCUT2D eigenvalue weighted by Gasteiger charge is 2.33. The molecule has 0 spiro atoms. The molecule has 0 amide bonds. The summed E-state index contributed by atoms with van der Waals surface area (Å²) in [7, 11) is 0. The number of hydrogen-bond donors (Lipinski definition) is 0. The average Bonchev–Trinajstić information content (AvgIpc) is 2.39. The summed E-state index contributed by atoms with van der Waals surface area (Å²) in [6.45, 7) is 3.33. The standard InChI is InChI=1S/C13H16Cl2O3/c1-13(8-16-12(6-14)17-9-13)18-7-10-4-2-3-5-11(10)15/h2-5,12H,6-9H2,1H3. The van der Waals surface area contributed by atoms with Gasteiger partial charge < -0.3 is 14.2 Å². The zero-order valence-electron chi connectivity index (χ0n) is 10.2. The van der Waals surface area contributed by atoms with Gasteiger partial charge in [-0.15, -0.1) is 11.6 Å². The van der Waals surface area contributed by atoms with Crippen LogP contribution in [0, 0.1) is 0 Å². The van der Waals surface area contributed by atoms with Gasteiger partial charge in [0.15, 0.2) is 6.29 Å². The number of hydrogen-bond acceptors (Lipinski definition) is 3. The van der Waals surface area contributed by atoms with Gasteiger partial charge in [-0.05, 0) is 18.6 Å². The minimum absolute atomic E-state index is 0.330. The van der Waals surface area contributed by atoms with Crippen molar-refractivity contribution in [3.63, 3.8) is 0 Å². The first kappa shape index (κ1) is 14.1. The Labute approximate surface area is 117 Å². The molecule has 0 bridgehead atoms. The Balaban J connectivity index is 1.88. The molecule has 1 fully saturated rings. The van der Waals surface area contributed by atoms with Crippen molar-refractivity contribution < 1.29 is 14.2 Å². The molecule has 3 nitrogen and oxygen atoms in total. The van der Waals surface area contributed by atoms with Crippen LogP contribution in [-0.2, 0) is 20.8 Å². The monoisotopic (exact) mass is 290 g/mol. The summed E-state index contributed by atoms with van der Waals surface area (Å²) in [5.41, 5.74) is 0.502. The Morgan fingerprint density at radius 3 is 2.61 bits per heavy atom. The number of ether oxygens (including phenoxy) is 3. The van der Waals surface area contributed by atoms with Gasteiger partial charge in [-0.2, -0.15) is 0 Å². The van der Waals surface area contributed by atoms with E-state index in [4.69, 9.17) is 37.4 Å². The molecular weight excluding hydrogens is 275 g/mol. The van der Waals surface area contributed by atoms with Gasteiger partial charge in [0.05, 0.1) is 25.7 Å². The SMILES string of the molecule is CC1(OCc2ccccc2Cl)COC(CCl)OC1. The third-order valence-electron chi connectivity index (χ3n) is 2.81. The molecule has 0 unspecified atom stereocenters. The van der Waals surface area contributed by atoms with Crippen LogP contribution in [0.2, 0.25) is 5.02 Å². The van der Waals surface area contributed by atoms with E-state index in [1.807, 2.05) is 31.2 Å². The van der Waals surface area contributed by atoms with Gasteiger partial charge in [0, 0.05) is 5.02 Å². The molecule has 1 aliphatic rings. The van der Waals surface area contributed by atoms with Crippen LogP contribution in [0.4, 0.5) is 0 Å². The van der Waals surface area contributed by atoms with Crippen molar-refractivity contribution in [2.24, 2.45) is 0 Å². The van der Waals surface area contributed by atoms with E-state index in [1.165, 1.54) is 0 Å². The fraction of sp³-hybridized carbons (Fsp3) is 0.538. The largest absolute Gasteiger partial charge is 0.366 e. The van der Waals surface area contributed by atoms with Crippen LogP contribution in [0.1, 0.15) is 12.5 Å². The summed E-state index contributed by atoms with van der Waals surface area (Å²) < 4.78 is 16.8. The summed E-state index contributed by atoms with van der Waals surface area (Å²) in [5, 5.41) is 0.706. The molecule has 0 N–H and O–H groups in total. The molecule has 1 saturated heterocycles. The Bertz CT molecular complexity index is 390. The smallest absolute Gasteiger partial charge is 0.171 e. The predicted octanol–water partition coefficient (Wildman–Crippen LogP) is 3.23. The first-order valence-electron chi connectivity index (χ1n) is 5.79. The first-order valence-corrected chi connectivity index (χ1v) is 6.71. The zero-order chi connectivity index (χ0) is 13.0. The molecule has 18 heavy (non-hydrogen) atoms. The van der Waals surface area contributed by atoms with Crippen LogP contribution in [-0.4, -0.2) is 31.0 Å². The molecule has 1 aliphatic heterocycles. The predicted molar refractivity (Wildman–Crippen MR) is 71.1 cm³/mol. The fourth-order valence-electron chi connectivity index (χ4n) is 1.67. The second kappa shape index (κ2) is 6.22. The van der Waals surface area contributed by atoms with Crippen LogP contribution in [0.25, 0.3) is 0 Å². The average molecular weight is 291 g/mol. The maximum atomic E-state index is 6.07. The maximum Gasteiger partial charge on any atom is 0.171 e. The van der Waals surface area contributed by atoms with Crippen molar-refractivity contribution in [3.8, 4) is 0 Å². The Morgan fingerprint density at radius 1 is 1.33 bits per heavy atom. The third-order valence-corrected chi connectivity index (χ3v) is 3.43. The van der Waals surface area contributed by atoms with Crippen molar-refractivity contribution in [3.05, 3.63) is 34.9 Å². The van der Waals surface area contributed by atoms with Crippen LogP contribution in [0.15, 0.2) is 24.3 Å². The highest BCUT2D eigenvalue weighted by atomic mass is 35.5. The highest BCUT2D eigenvalue weighted by molar-refractivity contribution is 6.31. The van der Waals surface area contributed by atoms with E-state index in [9.17, 15) is 0 Å². The maximum absolute atomic E-state index is 6.07. The van der Waals surface area contributed by atoms with E-state index < -0.39 is 5.60 Å². The lowest BCUT2D eigenvalue weighted by Crippen LogP contribution is -2.47. The van der Waals surface area contributed by atoms with E-state index in [-0.39, 0.29) is 6.29 Å². The lowest BCUT2D eigenvalue weighted by atomic mass is 10.1. The van der Waals surface area contributed by atoms with Crippen molar-refractivity contribution >= 4 is 23.2 Å². The van der Waals surface area contributed by atoms with E-state index in [1.54, 1.807) is 0 Å². The second-order valence-corrected chi connectivity index (χ2v) is 5.25. The van der Waals surface area contributed by atoms with E-state index in [2.05, 4.69) is 0 Å². The van der Waals surface area contributed by atoms with Crippen molar-refractivity contribution in [1.29, 1.82) is 0 Å². The molecule has 1 heterocycles. The number of benzene rings is 1. The second-order valence-electron chi connectivity index (χ2n) is 4.54. The lowest BCUT2D eigenvalue weighted by Gasteiger charge is -2.36. The zero-order valence-corrected chi connectivity index (χ0v) is 11.7. The normalized spacial score (nSPS) is 28.3. The van der Waals surface area contributed by atoms with Crippen molar-refractivity contribution in [2.45, 2.75) is 25.4 Å². The fourth-order valence-corrected chi connectivity index (χ4v) is 2.04. The van der Waals surface area contributed by atoms with E-state index in [0.717, 1.165) is 5.56 Å². The molecule has 5 heteroatoms. The summed E-state index contributed by atoms with van der Waals surface area (Å²) in [4.78, 5) is 0. The van der Waals surface area contributed by atoms with Crippen molar-refractivity contribution in [1.82, 2.24) is 0 Å². The van der Waals surface area contributed by atoms with Crippen LogP contribution in [0.3, 0.4) is 0 Å². The molecule has 1 aromatic carbocycles. The number of alkyl halides is 1. The van der Waals surface area contributed by atoms with Gasteiger partial charge in [0.25, 0.3) is 0 Å². The molecule has 2 rings (SSSR count). The van der Waals surface area contributed by atoms with E-state index in [0.29, 0.717) is 30.7 Å². The molecule has 0 atom stereocenters. The summed E-state index contributed by atoms with van der Waals surface area (Å²) in [6, 6.07) is 7.62. The molecular formula is C13H16Cl2O3. The number of rotatable bonds is 4. The minimum Gasteiger partial charge on any atom is -0.366 e. The van der Waals surface area contributed by atoms with Crippen molar-refractivity contribution in [2.75, 3.05) is 19.1 Å². The molecule has 0 saturated carbocycles. The van der Waals surface area contributed by atoms with Gasteiger partial charge in [0.2, 0.25) is 0 Å². The molecule has 0 aliphatic carbocycles. The Hall–Kier alpha value is -0.320.